The van der Waals surface area contributed by atoms with E-state index in [9.17, 15) is 4.79 Å². The van der Waals surface area contributed by atoms with Crippen LogP contribution < -0.4 is 15.4 Å². The van der Waals surface area contributed by atoms with E-state index in [4.69, 9.17) is 17.0 Å². The summed E-state index contributed by atoms with van der Waals surface area (Å²) in [6.45, 7) is 2.10. The number of benzene rings is 2. The molecule has 0 aromatic heterocycles. The number of ether oxygens (including phenoxy) is 1. The molecular weight excluding hydrogens is 346 g/mol. The second kappa shape index (κ2) is 9.20. The number of hydrogen-bond acceptors (Lipinski definition) is 3. The van der Waals surface area contributed by atoms with Gasteiger partial charge in [0.2, 0.25) is 0 Å². The maximum absolute atomic E-state index is 11.9. The van der Waals surface area contributed by atoms with E-state index in [2.05, 4.69) is 17.6 Å². The first-order valence-electron chi connectivity index (χ1n) is 8.47. The molecule has 5 nitrogen and oxygen atoms in total. The van der Waals surface area contributed by atoms with Gasteiger partial charge in [0.1, 0.15) is 5.75 Å². The summed E-state index contributed by atoms with van der Waals surface area (Å²) in [5.41, 5.74) is 2.62. The Morgan fingerprint density at radius 1 is 1.12 bits per heavy atom. The average molecular weight is 372 g/mol. The van der Waals surface area contributed by atoms with E-state index < -0.39 is 0 Å². The minimum Gasteiger partial charge on any atom is -0.497 e. The monoisotopic (exact) mass is 371 g/mol. The molecule has 2 rings (SSSR count). The average Bonchev–Trinajstić information content (AvgIpc) is 2.66. The Morgan fingerprint density at radius 3 is 2.23 bits per heavy atom. The van der Waals surface area contributed by atoms with Crippen molar-refractivity contribution < 1.29 is 9.53 Å². The smallest absolute Gasteiger partial charge is 0.253 e. The van der Waals surface area contributed by atoms with Crippen molar-refractivity contribution in [1.82, 2.24) is 10.2 Å². The van der Waals surface area contributed by atoms with Crippen molar-refractivity contribution >= 4 is 28.9 Å². The van der Waals surface area contributed by atoms with Crippen LogP contribution in [0.2, 0.25) is 0 Å². The van der Waals surface area contributed by atoms with Gasteiger partial charge in [0.15, 0.2) is 5.11 Å². The molecule has 0 aliphatic carbocycles. The summed E-state index contributed by atoms with van der Waals surface area (Å²) in [4.78, 5) is 13.5. The topological polar surface area (TPSA) is 53.6 Å². The van der Waals surface area contributed by atoms with Gasteiger partial charge in [-0.2, -0.15) is 0 Å². The SMILES string of the molecule is CC[C@H](NC(=S)Nc1ccc(C(=O)N(C)C)cc1)c1ccc(OC)cc1. The van der Waals surface area contributed by atoms with Crippen LogP contribution in [0.5, 0.6) is 5.75 Å². The van der Waals surface area contributed by atoms with Gasteiger partial charge < -0.3 is 20.3 Å². The number of hydrogen-bond donors (Lipinski definition) is 2. The van der Waals surface area contributed by atoms with Gasteiger partial charge in [-0.15, -0.1) is 0 Å². The maximum Gasteiger partial charge on any atom is 0.253 e. The Bertz CT molecular complexity index is 743. The zero-order valence-corrected chi connectivity index (χ0v) is 16.4. The van der Waals surface area contributed by atoms with E-state index in [-0.39, 0.29) is 11.9 Å². The molecule has 0 unspecified atom stereocenters. The molecule has 2 aromatic carbocycles. The molecule has 0 fully saturated rings. The van der Waals surface area contributed by atoms with Crippen LogP contribution in [0.15, 0.2) is 48.5 Å². The standard InChI is InChI=1S/C20H25N3O2S/c1-5-18(14-8-12-17(25-4)13-9-14)22-20(26)21-16-10-6-15(7-11-16)19(24)23(2)3/h6-13,18H,5H2,1-4H3,(H2,21,22,26)/t18-/m0/s1. The predicted octanol–water partition coefficient (Wildman–Crippen LogP) is 3.83. The summed E-state index contributed by atoms with van der Waals surface area (Å²) >= 11 is 5.43. The number of methoxy groups -OCH3 is 1. The third-order valence-electron chi connectivity index (χ3n) is 4.03. The van der Waals surface area contributed by atoms with E-state index in [1.807, 2.05) is 36.4 Å². The fraction of sp³-hybridized carbons (Fsp3) is 0.300. The molecule has 26 heavy (non-hydrogen) atoms. The minimum absolute atomic E-state index is 0.0252. The van der Waals surface area contributed by atoms with Crippen molar-refractivity contribution in [2.45, 2.75) is 19.4 Å². The highest BCUT2D eigenvalue weighted by atomic mass is 32.1. The van der Waals surface area contributed by atoms with E-state index >= 15 is 0 Å². The predicted molar refractivity (Wildman–Crippen MR) is 110 cm³/mol. The Hall–Kier alpha value is -2.60. The summed E-state index contributed by atoms with van der Waals surface area (Å²) in [6, 6.07) is 15.3. The molecular formula is C20H25N3O2S. The summed E-state index contributed by atoms with van der Waals surface area (Å²) in [7, 11) is 5.12. The molecule has 2 N–H and O–H groups in total. The zero-order chi connectivity index (χ0) is 19.1. The summed E-state index contributed by atoms with van der Waals surface area (Å²) in [5.74, 6) is 0.805. The van der Waals surface area contributed by atoms with E-state index in [0.717, 1.165) is 23.4 Å². The highest BCUT2D eigenvalue weighted by Gasteiger charge is 2.12. The number of nitrogens with one attached hydrogen (secondary N) is 2. The molecule has 0 heterocycles. The molecule has 0 saturated heterocycles. The van der Waals surface area contributed by atoms with Gasteiger partial charge in [-0.3, -0.25) is 4.79 Å². The van der Waals surface area contributed by atoms with Gasteiger partial charge in [-0.25, -0.2) is 0 Å². The number of rotatable bonds is 6. The number of thiocarbonyl (C=S) groups is 1. The Morgan fingerprint density at radius 2 is 1.73 bits per heavy atom. The first-order valence-corrected chi connectivity index (χ1v) is 8.88. The van der Waals surface area contributed by atoms with Crippen LogP contribution in [0.4, 0.5) is 5.69 Å². The Balaban J connectivity index is 1.98. The second-order valence-corrected chi connectivity index (χ2v) is 6.52. The molecule has 0 radical (unpaired) electrons. The summed E-state index contributed by atoms with van der Waals surface area (Å²) in [5, 5.41) is 7.04. The molecule has 1 atom stereocenters. The van der Waals surface area contributed by atoms with E-state index in [0.29, 0.717) is 10.7 Å². The minimum atomic E-state index is -0.0252. The molecule has 0 bridgehead atoms. The van der Waals surface area contributed by atoms with Crippen LogP contribution >= 0.6 is 12.2 Å². The Kier molecular flexibility index (Phi) is 6.97. The zero-order valence-electron chi connectivity index (χ0n) is 15.6. The van der Waals surface area contributed by atoms with Gasteiger partial charge in [0.05, 0.1) is 13.2 Å². The lowest BCUT2D eigenvalue weighted by atomic mass is 10.0. The molecule has 138 valence electrons. The number of amides is 1. The van der Waals surface area contributed by atoms with Crippen LogP contribution in [0.3, 0.4) is 0 Å². The van der Waals surface area contributed by atoms with Crippen molar-refractivity contribution in [3.63, 3.8) is 0 Å². The molecule has 2 aromatic rings. The number of anilines is 1. The third-order valence-corrected chi connectivity index (χ3v) is 4.25. The lowest BCUT2D eigenvalue weighted by molar-refractivity contribution is 0.0827. The van der Waals surface area contributed by atoms with Gasteiger partial charge in [-0.1, -0.05) is 19.1 Å². The van der Waals surface area contributed by atoms with Crippen molar-refractivity contribution in [2.75, 3.05) is 26.5 Å². The van der Waals surface area contributed by atoms with Crippen molar-refractivity contribution in [1.29, 1.82) is 0 Å². The van der Waals surface area contributed by atoms with Crippen molar-refractivity contribution in [3.05, 3.63) is 59.7 Å². The lowest BCUT2D eigenvalue weighted by Gasteiger charge is -2.20. The summed E-state index contributed by atoms with van der Waals surface area (Å²) < 4.78 is 5.20. The molecule has 0 aliphatic heterocycles. The van der Waals surface area contributed by atoms with Gasteiger partial charge >= 0.3 is 0 Å². The molecule has 0 saturated carbocycles. The fourth-order valence-corrected chi connectivity index (χ4v) is 2.80. The van der Waals surface area contributed by atoms with Crippen molar-refractivity contribution in [2.24, 2.45) is 0 Å². The van der Waals surface area contributed by atoms with Crippen LogP contribution in [0.1, 0.15) is 35.3 Å². The maximum atomic E-state index is 11.9. The number of carbonyl (C=O) groups excluding carboxylic acids is 1. The van der Waals surface area contributed by atoms with Crippen LogP contribution in [-0.2, 0) is 0 Å². The highest BCUT2D eigenvalue weighted by Crippen LogP contribution is 2.20. The van der Waals surface area contributed by atoms with Crippen LogP contribution in [0, 0.1) is 0 Å². The van der Waals surface area contributed by atoms with Crippen LogP contribution in [-0.4, -0.2) is 37.1 Å². The van der Waals surface area contributed by atoms with E-state index in [1.54, 1.807) is 38.2 Å². The first-order chi connectivity index (χ1) is 12.4. The van der Waals surface area contributed by atoms with Gasteiger partial charge in [0.25, 0.3) is 5.91 Å². The number of nitrogens with zero attached hydrogens (tertiary/aromatic N) is 1. The van der Waals surface area contributed by atoms with Crippen molar-refractivity contribution in [3.8, 4) is 5.75 Å². The molecule has 0 aliphatic rings. The normalized spacial score (nSPS) is 11.4. The fourth-order valence-electron chi connectivity index (χ4n) is 2.54. The summed E-state index contributed by atoms with van der Waals surface area (Å²) in [6.07, 6.45) is 0.893. The third kappa shape index (κ3) is 5.20. The largest absolute Gasteiger partial charge is 0.497 e. The van der Waals surface area contributed by atoms with Gasteiger partial charge in [-0.05, 0) is 60.6 Å². The first kappa shape index (κ1) is 19.7. The molecule has 6 heteroatoms. The van der Waals surface area contributed by atoms with E-state index in [1.165, 1.54) is 0 Å². The molecule has 1 amide bonds. The van der Waals surface area contributed by atoms with Crippen LogP contribution in [0.25, 0.3) is 0 Å². The second-order valence-electron chi connectivity index (χ2n) is 6.11. The number of carbonyl (C=O) groups is 1. The highest BCUT2D eigenvalue weighted by molar-refractivity contribution is 7.80. The van der Waals surface area contributed by atoms with Gasteiger partial charge in [0, 0.05) is 25.3 Å². The Labute approximate surface area is 160 Å². The lowest BCUT2D eigenvalue weighted by Crippen LogP contribution is -2.32. The molecule has 0 spiro atoms. The quantitative estimate of drug-likeness (QED) is 0.756.